The van der Waals surface area contributed by atoms with Crippen molar-refractivity contribution >= 4 is 5.78 Å². The molecule has 4 bridgehead atoms. The summed E-state index contributed by atoms with van der Waals surface area (Å²) in [6.45, 7) is 1.72. The lowest BCUT2D eigenvalue weighted by Crippen LogP contribution is -2.53. The van der Waals surface area contributed by atoms with Gasteiger partial charge in [-0.1, -0.05) is 0 Å². The van der Waals surface area contributed by atoms with Crippen molar-refractivity contribution in [3.8, 4) is 5.75 Å². The highest BCUT2D eigenvalue weighted by atomic mass is 16.5. The first-order valence-electron chi connectivity index (χ1n) is 8.62. The van der Waals surface area contributed by atoms with Crippen molar-refractivity contribution in [2.24, 2.45) is 23.5 Å². The lowest BCUT2D eigenvalue weighted by Gasteiger charge is -2.56. The van der Waals surface area contributed by atoms with Crippen LogP contribution in [0.3, 0.4) is 0 Å². The van der Waals surface area contributed by atoms with Gasteiger partial charge in [0.05, 0.1) is 6.04 Å². The van der Waals surface area contributed by atoms with Gasteiger partial charge in [-0.2, -0.15) is 0 Å². The zero-order valence-electron chi connectivity index (χ0n) is 13.3. The first-order chi connectivity index (χ1) is 10.5. The van der Waals surface area contributed by atoms with Gasteiger partial charge in [-0.05, 0) is 87.5 Å². The quantitative estimate of drug-likeness (QED) is 0.865. The van der Waals surface area contributed by atoms with Crippen molar-refractivity contribution in [3.05, 3.63) is 29.8 Å². The molecule has 1 aromatic rings. The Balaban J connectivity index is 1.50. The Labute approximate surface area is 132 Å². The van der Waals surface area contributed by atoms with E-state index in [-0.39, 0.29) is 11.4 Å². The van der Waals surface area contributed by atoms with Crippen LogP contribution in [0.4, 0.5) is 0 Å². The number of benzene rings is 1. The molecular weight excluding hydrogens is 274 g/mol. The Bertz CT molecular complexity index is 540. The highest BCUT2D eigenvalue weighted by Crippen LogP contribution is 2.57. The molecule has 4 aliphatic carbocycles. The van der Waals surface area contributed by atoms with Gasteiger partial charge in [0, 0.05) is 5.56 Å². The average Bonchev–Trinajstić information content (AvgIpc) is 2.45. The first kappa shape index (κ1) is 14.3. The summed E-state index contributed by atoms with van der Waals surface area (Å²) in [4.78, 5) is 11.9. The van der Waals surface area contributed by atoms with E-state index < -0.39 is 6.04 Å². The van der Waals surface area contributed by atoms with E-state index in [0.29, 0.717) is 5.56 Å². The summed E-state index contributed by atoms with van der Waals surface area (Å²) in [5.41, 5.74) is 6.40. The van der Waals surface area contributed by atoms with E-state index in [0.717, 1.165) is 23.5 Å². The van der Waals surface area contributed by atoms with E-state index in [1.807, 2.05) is 24.3 Å². The van der Waals surface area contributed by atoms with Crippen molar-refractivity contribution in [2.45, 2.75) is 57.1 Å². The van der Waals surface area contributed by atoms with Crippen LogP contribution in [0.2, 0.25) is 0 Å². The number of rotatable bonds is 4. The Kier molecular flexibility index (Phi) is 3.30. The summed E-state index contributed by atoms with van der Waals surface area (Å²) in [7, 11) is 0. The maximum atomic E-state index is 11.9. The minimum Gasteiger partial charge on any atom is -0.487 e. The Morgan fingerprint density at radius 1 is 1.09 bits per heavy atom. The first-order valence-corrected chi connectivity index (χ1v) is 8.62. The Morgan fingerprint density at radius 2 is 1.59 bits per heavy atom. The number of carbonyl (C=O) groups excluding carboxylic acids is 1. The fourth-order valence-corrected chi connectivity index (χ4v) is 5.36. The molecule has 0 aliphatic heterocycles. The summed E-state index contributed by atoms with van der Waals surface area (Å²) < 4.78 is 6.47. The zero-order chi connectivity index (χ0) is 15.3. The van der Waals surface area contributed by atoms with E-state index in [4.69, 9.17) is 10.5 Å². The van der Waals surface area contributed by atoms with Gasteiger partial charge in [-0.3, -0.25) is 4.79 Å². The Morgan fingerprint density at radius 3 is 2.05 bits per heavy atom. The molecule has 0 aromatic heterocycles. The molecule has 118 valence electrons. The maximum Gasteiger partial charge on any atom is 0.179 e. The molecule has 0 heterocycles. The van der Waals surface area contributed by atoms with Crippen LogP contribution in [-0.2, 0) is 0 Å². The second kappa shape index (κ2) is 5.09. The number of carbonyl (C=O) groups is 1. The smallest absolute Gasteiger partial charge is 0.179 e. The fraction of sp³-hybridized carbons (Fsp3) is 0.632. The van der Waals surface area contributed by atoms with Crippen LogP contribution in [-0.4, -0.2) is 17.4 Å². The molecule has 0 amide bonds. The van der Waals surface area contributed by atoms with Crippen molar-refractivity contribution < 1.29 is 9.53 Å². The second-order valence-corrected chi connectivity index (χ2v) is 7.88. The van der Waals surface area contributed by atoms with Gasteiger partial charge in [0.25, 0.3) is 0 Å². The summed E-state index contributed by atoms with van der Waals surface area (Å²) >= 11 is 0. The molecule has 2 N–H and O–H groups in total. The van der Waals surface area contributed by atoms with Crippen molar-refractivity contribution in [2.75, 3.05) is 0 Å². The van der Waals surface area contributed by atoms with E-state index in [9.17, 15) is 4.79 Å². The number of ether oxygens (including phenoxy) is 1. The molecule has 1 aromatic carbocycles. The van der Waals surface area contributed by atoms with Gasteiger partial charge in [0.1, 0.15) is 11.4 Å². The predicted molar refractivity (Wildman–Crippen MR) is 86.0 cm³/mol. The van der Waals surface area contributed by atoms with Crippen molar-refractivity contribution in [1.29, 1.82) is 0 Å². The van der Waals surface area contributed by atoms with Gasteiger partial charge in [-0.25, -0.2) is 0 Å². The van der Waals surface area contributed by atoms with Gasteiger partial charge in [0.15, 0.2) is 5.78 Å². The Hall–Kier alpha value is -1.35. The normalized spacial score (nSPS) is 37.1. The number of hydrogen-bond donors (Lipinski definition) is 1. The van der Waals surface area contributed by atoms with E-state index >= 15 is 0 Å². The van der Waals surface area contributed by atoms with Crippen LogP contribution >= 0.6 is 0 Å². The van der Waals surface area contributed by atoms with E-state index in [1.54, 1.807) is 6.92 Å². The van der Waals surface area contributed by atoms with Crippen LogP contribution in [0.15, 0.2) is 24.3 Å². The predicted octanol–water partition coefficient (Wildman–Crippen LogP) is 3.56. The average molecular weight is 299 g/mol. The molecule has 1 unspecified atom stereocenters. The van der Waals surface area contributed by atoms with Crippen LogP contribution in [0.5, 0.6) is 5.75 Å². The summed E-state index contributed by atoms with van der Waals surface area (Å²) in [6.07, 6.45) is 7.93. The molecule has 0 radical (unpaired) electrons. The molecule has 4 saturated carbocycles. The van der Waals surface area contributed by atoms with Gasteiger partial charge in [0.2, 0.25) is 0 Å². The molecule has 3 nitrogen and oxygen atoms in total. The minimum atomic E-state index is -0.449. The molecule has 0 spiro atoms. The van der Waals surface area contributed by atoms with Gasteiger partial charge in [-0.15, -0.1) is 0 Å². The van der Waals surface area contributed by atoms with Gasteiger partial charge < -0.3 is 10.5 Å². The third-order valence-electron chi connectivity index (χ3n) is 5.87. The van der Waals surface area contributed by atoms with Crippen LogP contribution in [0, 0.1) is 17.8 Å². The minimum absolute atomic E-state index is 0.0126. The number of ketones is 1. The SMILES string of the molecule is CC(N)C(=O)c1ccc(OC23CC4CC(CC(C4)C2)C3)cc1. The molecule has 4 aliphatic rings. The maximum absolute atomic E-state index is 11.9. The molecule has 3 heteroatoms. The molecule has 5 rings (SSSR count). The lowest BCUT2D eigenvalue weighted by atomic mass is 9.54. The molecule has 22 heavy (non-hydrogen) atoms. The van der Waals surface area contributed by atoms with Gasteiger partial charge >= 0.3 is 0 Å². The topological polar surface area (TPSA) is 52.3 Å². The zero-order valence-corrected chi connectivity index (χ0v) is 13.3. The molecule has 4 fully saturated rings. The molecule has 1 atom stereocenters. The third-order valence-corrected chi connectivity index (χ3v) is 5.87. The summed E-state index contributed by atoms with van der Waals surface area (Å²) in [6, 6.07) is 7.13. The number of Topliss-reactive ketones (excluding diaryl/α,β-unsaturated/α-hetero) is 1. The highest BCUT2D eigenvalue weighted by Gasteiger charge is 2.52. The van der Waals surface area contributed by atoms with Crippen LogP contribution in [0.25, 0.3) is 0 Å². The second-order valence-electron chi connectivity index (χ2n) is 7.88. The molecular formula is C19H25NO2. The fourth-order valence-electron chi connectivity index (χ4n) is 5.36. The standard InChI is InChI=1S/C19H25NO2/c1-12(20)18(21)16-2-4-17(5-3-16)22-19-9-13-6-14(10-19)8-15(7-13)11-19/h2-5,12-15H,6-11,20H2,1H3. The van der Waals surface area contributed by atoms with Crippen LogP contribution < -0.4 is 10.5 Å². The number of nitrogens with two attached hydrogens (primary N) is 1. The monoisotopic (exact) mass is 299 g/mol. The largest absolute Gasteiger partial charge is 0.487 e. The summed E-state index contributed by atoms with van der Waals surface area (Å²) in [5.74, 6) is 3.53. The molecule has 0 saturated heterocycles. The van der Waals surface area contributed by atoms with E-state index in [1.165, 1.54) is 38.5 Å². The van der Waals surface area contributed by atoms with Crippen molar-refractivity contribution in [3.63, 3.8) is 0 Å². The third kappa shape index (κ3) is 2.45. The van der Waals surface area contributed by atoms with Crippen molar-refractivity contribution in [1.82, 2.24) is 0 Å². The highest BCUT2D eigenvalue weighted by molar-refractivity contribution is 5.99. The lowest BCUT2D eigenvalue weighted by molar-refractivity contribution is -0.107. The van der Waals surface area contributed by atoms with E-state index in [2.05, 4.69) is 0 Å². The number of hydrogen-bond acceptors (Lipinski definition) is 3. The summed E-state index contributed by atoms with van der Waals surface area (Å²) in [5, 5.41) is 0. The van der Waals surface area contributed by atoms with Crippen LogP contribution in [0.1, 0.15) is 55.8 Å².